The maximum atomic E-state index is 12.7. The van der Waals surface area contributed by atoms with Crippen LogP contribution >= 0.6 is 12.4 Å². The number of nitrogen functional groups attached to an aromatic ring is 1. The molecule has 5 heteroatoms. The fourth-order valence-corrected chi connectivity index (χ4v) is 4.27. The number of rotatable bonds is 4. The lowest BCUT2D eigenvalue weighted by Crippen LogP contribution is -2.37. The van der Waals surface area contributed by atoms with Gasteiger partial charge in [0.2, 0.25) is 0 Å². The van der Waals surface area contributed by atoms with E-state index in [1.165, 1.54) is 18.4 Å². The van der Waals surface area contributed by atoms with Crippen LogP contribution in [-0.4, -0.2) is 31.0 Å². The SMILES string of the molecule is CCC1(c2cccc(OC(=O)c3c(C)cccc3N)c2)CCCCN(C)C1.Cl. The lowest BCUT2D eigenvalue weighted by atomic mass is 9.74. The van der Waals surface area contributed by atoms with Crippen molar-refractivity contribution in [2.45, 2.75) is 44.9 Å². The van der Waals surface area contributed by atoms with E-state index in [0.717, 1.165) is 31.5 Å². The lowest BCUT2D eigenvalue weighted by molar-refractivity contribution is 0.0734. The van der Waals surface area contributed by atoms with Gasteiger partial charge in [0.1, 0.15) is 5.75 Å². The van der Waals surface area contributed by atoms with Crippen molar-refractivity contribution in [3.63, 3.8) is 0 Å². The van der Waals surface area contributed by atoms with Crippen LogP contribution in [0, 0.1) is 6.92 Å². The summed E-state index contributed by atoms with van der Waals surface area (Å²) in [5.74, 6) is 0.186. The number of likely N-dealkylation sites (tertiary alicyclic amines) is 1. The first-order valence-corrected chi connectivity index (χ1v) is 9.81. The minimum Gasteiger partial charge on any atom is -0.423 e. The molecule has 0 aliphatic carbocycles. The number of hydrogen-bond acceptors (Lipinski definition) is 4. The quantitative estimate of drug-likeness (QED) is 0.445. The van der Waals surface area contributed by atoms with Crippen LogP contribution in [0.1, 0.15) is 54.1 Å². The summed E-state index contributed by atoms with van der Waals surface area (Å²) in [6.45, 7) is 6.30. The highest BCUT2D eigenvalue weighted by Crippen LogP contribution is 2.37. The van der Waals surface area contributed by atoms with E-state index < -0.39 is 5.97 Å². The van der Waals surface area contributed by atoms with Gasteiger partial charge >= 0.3 is 5.97 Å². The van der Waals surface area contributed by atoms with Crippen LogP contribution in [0.15, 0.2) is 42.5 Å². The second kappa shape index (κ2) is 9.44. The summed E-state index contributed by atoms with van der Waals surface area (Å²) in [7, 11) is 2.20. The molecule has 152 valence electrons. The van der Waals surface area contributed by atoms with E-state index in [-0.39, 0.29) is 17.8 Å². The van der Waals surface area contributed by atoms with Crippen molar-refractivity contribution in [2.75, 3.05) is 25.9 Å². The normalized spacial score (nSPS) is 20.1. The van der Waals surface area contributed by atoms with Crippen LogP contribution in [0.5, 0.6) is 5.75 Å². The van der Waals surface area contributed by atoms with E-state index in [0.29, 0.717) is 17.0 Å². The molecule has 4 nitrogen and oxygen atoms in total. The largest absolute Gasteiger partial charge is 0.423 e. The summed E-state index contributed by atoms with van der Waals surface area (Å²) in [5, 5.41) is 0. The molecule has 0 radical (unpaired) electrons. The molecule has 1 unspecified atom stereocenters. The van der Waals surface area contributed by atoms with Crippen LogP contribution in [0.3, 0.4) is 0 Å². The van der Waals surface area contributed by atoms with Gasteiger partial charge in [-0.25, -0.2) is 4.79 Å². The van der Waals surface area contributed by atoms with E-state index in [4.69, 9.17) is 10.5 Å². The maximum absolute atomic E-state index is 12.7. The molecule has 1 heterocycles. The number of anilines is 1. The topological polar surface area (TPSA) is 55.6 Å². The second-order valence-electron chi connectivity index (χ2n) is 7.79. The van der Waals surface area contributed by atoms with Gasteiger partial charge in [-0.05, 0) is 69.1 Å². The van der Waals surface area contributed by atoms with Gasteiger partial charge in [0.25, 0.3) is 0 Å². The van der Waals surface area contributed by atoms with Crippen molar-refractivity contribution >= 4 is 24.1 Å². The number of likely N-dealkylation sites (N-methyl/N-ethyl adjacent to an activating group) is 1. The van der Waals surface area contributed by atoms with Crippen molar-refractivity contribution in [2.24, 2.45) is 0 Å². The molecule has 1 aliphatic heterocycles. The van der Waals surface area contributed by atoms with E-state index >= 15 is 0 Å². The van der Waals surface area contributed by atoms with Gasteiger partial charge in [-0.1, -0.05) is 37.6 Å². The zero-order valence-corrected chi connectivity index (χ0v) is 17.8. The van der Waals surface area contributed by atoms with Crippen LogP contribution in [0.4, 0.5) is 5.69 Å². The predicted octanol–water partition coefficient (Wildman–Crippen LogP) is 4.98. The highest BCUT2D eigenvalue weighted by atomic mass is 35.5. The molecular weight excluding hydrogens is 372 g/mol. The minimum atomic E-state index is -0.397. The fraction of sp³-hybridized carbons (Fsp3) is 0.435. The summed E-state index contributed by atoms with van der Waals surface area (Å²) >= 11 is 0. The van der Waals surface area contributed by atoms with Crippen LogP contribution in [0.2, 0.25) is 0 Å². The predicted molar refractivity (Wildman–Crippen MR) is 118 cm³/mol. The zero-order chi connectivity index (χ0) is 19.4. The number of aryl methyl sites for hydroxylation is 1. The van der Waals surface area contributed by atoms with E-state index in [1.54, 1.807) is 6.07 Å². The summed E-state index contributed by atoms with van der Waals surface area (Å²) in [6.07, 6.45) is 4.69. The molecule has 1 fully saturated rings. The third kappa shape index (κ3) is 4.68. The van der Waals surface area contributed by atoms with Crippen LogP contribution < -0.4 is 10.5 Å². The number of carbonyl (C=O) groups excluding carboxylic acids is 1. The summed E-state index contributed by atoms with van der Waals surface area (Å²) in [6, 6.07) is 13.5. The molecule has 0 saturated carbocycles. The van der Waals surface area contributed by atoms with E-state index in [2.05, 4.69) is 24.9 Å². The number of nitrogens with two attached hydrogens (primary N) is 1. The molecule has 2 aromatic rings. The fourth-order valence-electron chi connectivity index (χ4n) is 4.27. The Bertz CT molecular complexity index is 804. The van der Waals surface area contributed by atoms with Gasteiger partial charge in [-0.15, -0.1) is 12.4 Å². The Morgan fingerprint density at radius 1 is 1.21 bits per heavy atom. The Morgan fingerprint density at radius 3 is 2.68 bits per heavy atom. The lowest BCUT2D eigenvalue weighted by Gasteiger charge is -2.35. The molecule has 0 spiro atoms. The number of ether oxygens (including phenoxy) is 1. The average Bonchev–Trinajstić information content (AvgIpc) is 2.84. The van der Waals surface area contributed by atoms with Gasteiger partial charge in [-0.3, -0.25) is 0 Å². The Kier molecular flexibility index (Phi) is 7.50. The first-order chi connectivity index (χ1) is 12.9. The molecule has 2 N–H and O–H groups in total. The molecule has 0 aromatic heterocycles. The average molecular weight is 403 g/mol. The van der Waals surface area contributed by atoms with Crippen molar-refractivity contribution in [1.29, 1.82) is 0 Å². The van der Waals surface area contributed by atoms with Crippen LogP contribution in [-0.2, 0) is 5.41 Å². The highest BCUT2D eigenvalue weighted by Gasteiger charge is 2.33. The molecule has 3 rings (SSSR count). The van der Waals surface area contributed by atoms with Gasteiger partial charge in [0.15, 0.2) is 0 Å². The molecule has 0 bridgehead atoms. The van der Waals surface area contributed by atoms with Crippen molar-refractivity contribution in [3.05, 3.63) is 59.2 Å². The number of hydrogen-bond donors (Lipinski definition) is 1. The third-order valence-corrected chi connectivity index (χ3v) is 5.86. The maximum Gasteiger partial charge on any atom is 0.345 e. The van der Waals surface area contributed by atoms with Crippen LogP contribution in [0.25, 0.3) is 0 Å². The Labute approximate surface area is 174 Å². The van der Waals surface area contributed by atoms with E-state index in [1.807, 2.05) is 37.3 Å². The number of halogens is 1. The first kappa shape index (κ1) is 22.3. The Hall–Kier alpha value is -2.04. The molecule has 0 amide bonds. The molecule has 2 aromatic carbocycles. The molecule has 1 atom stereocenters. The smallest absolute Gasteiger partial charge is 0.345 e. The molecule has 28 heavy (non-hydrogen) atoms. The minimum absolute atomic E-state index is 0. The Balaban J connectivity index is 0.00000280. The van der Waals surface area contributed by atoms with E-state index in [9.17, 15) is 4.79 Å². The van der Waals surface area contributed by atoms with Crippen molar-refractivity contribution in [3.8, 4) is 5.75 Å². The molecule has 1 aliphatic rings. The first-order valence-electron chi connectivity index (χ1n) is 9.81. The number of esters is 1. The summed E-state index contributed by atoms with van der Waals surface area (Å²) in [4.78, 5) is 15.1. The monoisotopic (exact) mass is 402 g/mol. The summed E-state index contributed by atoms with van der Waals surface area (Å²) in [5.41, 5.74) is 9.07. The number of nitrogens with zero attached hydrogens (tertiary/aromatic N) is 1. The van der Waals surface area contributed by atoms with Gasteiger partial charge in [-0.2, -0.15) is 0 Å². The standard InChI is InChI=1S/C23H30N2O2.ClH/c1-4-23(13-5-6-14-25(3)16-23)18-10-8-11-19(15-18)27-22(26)21-17(2)9-7-12-20(21)24;/h7-12,15H,4-6,13-14,16,24H2,1-3H3;1H. The van der Waals surface area contributed by atoms with Crippen molar-refractivity contribution in [1.82, 2.24) is 4.90 Å². The zero-order valence-electron chi connectivity index (χ0n) is 17.0. The van der Waals surface area contributed by atoms with Gasteiger partial charge in [0, 0.05) is 17.6 Å². The molecular formula is C23H31ClN2O2. The summed E-state index contributed by atoms with van der Waals surface area (Å²) < 4.78 is 5.71. The molecule has 1 saturated heterocycles. The number of benzene rings is 2. The van der Waals surface area contributed by atoms with Gasteiger partial charge in [0.05, 0.1) is 5.56 Å². The number of carbonyl (C=O) groups is 1. The third-order valence-electron chi connectivity index (χ3n) is 5.86. The second-order valence-corrected chi connectivity index (χ2v) is 7.79. The van der Waals surface area contributed by atoms with Gasteiger partial charge < -0.3 is 15.4 Å². The Morgan fingerprint density at radius 2 is 1.96 bits per heavy atom. The van der Waals surface area contributed by atoms with Crippen molar-refractivity contribution < 1.29 is 9.53 Å². The highest BCUT2D eigenvalue weighted by molar-refractivity contribution is 5.97.